The summed E-state index contributed by atoms with van der Waals surface area (Å²) in [6.07, 6.45) is 10.1. The standard InChI is InChI=1S/C18H31BrN4O/c1-3-23(10-11-24)14-16-6-4-15(5-7-16)8-9-22(2)18-20-12-17(19)13-21-18/h12-13,15-16,24H,3-11,14H2,1-2H3. The first-order valence-corrected chi connectivity index (χ1v) is 9.93. The van der Waals surface area contributed by atoms with Crippen LogP contribution in [0, 0.1) is 11.8 Å². The molecule has 1 N–H and O–H groups in total. The van der Waals surface area contributed by atoms with Gasteiger partial charge >= 0.3 is 0 Å². The monoisotopic (exact) mass is 398 g/mol. The van der Waals surface area contributed by atoms with Crippen LogP contribution in [-0.2, 0) is 0 Å². The van der Waals surface area contributed by atoms with E-state index in [2.05, 4.69) is 49.7 Å². The average Bonchev–Trinajstić information content (AvgIpc) is 2.61. The lowest BCUT2D eigenvalue weighted by Gasteiger charge is -2.32. The molecule has 0 unspecified atom stereocenters. The Kier molecular flexibility index (Phi) is 8.42. The number of aliphatic hydroxyl groups excluding tert-OH is 1. The predicted octanol–water partition coefficient (Wildman–Crippen LogP) is 3.19. The molecule has 2 rings (SSSR count). The van der Waals surface area contributed by atoms with Gasteiger partial charge in [-0.15, -0.1) is 0 Å². The molecule has 1 aromatic heterocycles. The molecular weight excluding hydrogens is 368 g/mol. The predicted molar refractivity (Wildman–Crippen MR) is 102 cm³/mol. The minimum absolute atomic E-state index is 0.271. The molecule has 24 heavy (non-hydrogen) atoms. The Labute approximate surface area is 154 Å². The third-order valence-corrected chi connectivity index (χ3v) is 5.58. The molecule has 1 heterocycles. The van der Waals surface area contributed by atoms with E-state index in [4.69, 9.17) is 5.11 Å². The van der Waals surface area contributed by atoms with E-state index in [9.17, 15) is 0 Å². The quantitative estimate of drug-likeness (QED) is 0.691. The van der Waals surface area contributed by atoms with Gasteiger partial charge in [0.2, 0.25) is 5.95 Å². The van der Waals surface area contributed by atoms with Crippen molar-refractivity contribution in [3.05, 3.63) is 16.9 Å². The van der Waals surface area contributed by atoms with Crippen LogP contribution < -0.4 is 4.90 Å². The number of likely N-dealkylation sites (N-methyl/N-ethyl adjacent to an activating group) is 1. The van der Waals surface area contributed by atoms with Crippen LogP contribution in [0.15, 0.2) is 16.9 Å². The fourth-order valence-corrected chi connectivity index (χ4v) is 3.77. The molecule has 1 aliphatic carbocycles. The smallest absolute Gasteiger partial charge is 0.225 e. The molecule has 6 heteroatoms. The number of hydrogen-bond acceptors (Lipinski definition) is 5. The van der Waals surface area contributed by atoms with E-state index in [0.29, 0.717) is 0 Å². The maximum Gasteiger partial charge on any atom is 0.225 e. The summed E-state index contributed by atoms with van der Waals surface area (Å²) in [7, 11) is 2.07. The van der Waals surface area contributed by atoms with Crippen LogP contribution >= 0.6 is 15.9 Å². The second kappa shape index (κ2) is 10.3. The van der Waals surface area contributed by atoms with Gasteiger partial charge in [0.1, 0.15) is 0 Å². The van der Waals surface area contributed by atoms with Gasteiger partial charge in [-0.2, -0.15) is 0 Å². The minimum Gasteiger partial charge on any atom is -0.395 e. The van der Waals surface area contributed by atoms with Crippen LogP contribution in [0.5, 0.6) is 0 Å². The largest absolute Gasteiger partial charge is 0.395 e. The minimum atomic E-state index is 0.271. The number of hydrogen-bond donors (Lipinski definition) is 1. The molecule has 0 saturated heterocycles. The lowest BCUT2D eigenvalue weighted by molar-refractivity contribution is 0.153. The van der Waals surface area contributed by atoms with Gasteiger partial charge in [0.25, 0.3) is 0 Å². The molecule has 1 aliphatic rings. The summed E-state index contributed by atoms with van der Waals surface area (Å²) in [4.78, 5) is 13.2. The lowest BCUT2D eigenvalue weighted by Crippen LogP contribution is -2.34. The van der Waals surface area contributed by atoms with E-state index < -0.39 is 0 Å². The van der Waals surface area contributed by atoms with E-state index in [1.807, 2.05) is 0 Å². The highest BCUT2D eigenvalue weighted by Gasteiger charge is 2.22. The molecule has 1 aromatic rings. The van der Waals surface area contributed by atoms with Gasteiger partial charge in [0, 0.05) is 39.1 Å². The first kappa shape index (κ1) is 19.6. The van der Waals surface area contributed by atoms with Crippen molar-refractivity contribution in [2.75, 3.05) is 44.7 Å². The van der Waals surface area contributed by atoms with Gasteiger partial charge in [-0.05, 0) is 53.6 Å². The molecule has 0 aliphatic heterocycles. The van der Waals surface area contributed by atoms with Gasteiger partial charge in [-0.3, -0.25) is 0 Å². The summed E-state index contributed by atoms with van der Waals surface area (Å²) in [5.74, 6) is 2.43. The Morgan fingerprint density at radius 1 is 1.12 bits per heavy atom. The average molecular weight is 399 g/mol. The molecular formula is C18H31BrN4O. The zero-order chi connectivity index (χ0) is 17.4. The van der Waals surface area contributed by atoms with Crippen LogP contribution in [0.25, 0.3) is 0 Å². The fourth-order valence-electron chi connectivity index (χ4n) is 3.57. The summed E-state index contributed by atoms with van der Waals surface area (Å²) in [5.41, 5.74) is 0. The van der Waals surface area contributed by atoms with Crippen molar-refractivity contribution in [1.29, 1.82) is 0 Å². The van der Waals surface area contributed by atoms with Crippen LogP contribution in [0.1, 0.15) is 39.0 Å². The fraction of sp³-hybridized carbons (Fsp3) is 0.778. The SMILES string of the molecule is CCN(CCO)CC1CCC(CCN(C)c2ncc(Br)cn2)CC1. The van der Waals surface area contributed by atoms with Gasteiger partial charge < -0.3 is 14.9 Å². The third-order valence-electron chi connectivity index (χ3n) is 5.17. The number of anilines is 1. The van der Waals surface area contributed by atoms with E-state index in [-0.39, 0.29) is 6.61 Å². The Morgan fingerprint density at radius 2 is 1.75 bits per heavy atom. The highest BCUT2D eigenvalue weighted by atomic mass is 79.9. The first-order valence-electron chi connectivity index (χ1n) is 9.14. The van der Waals surface area contributed by atoms with E-state index in [1.165, 1.54) is 32.1 Å². The first-order chi connectivity index (χ1) is 11.6. The second-order valence-corrected chi connectivity index (χ2v) is 7.83. The molecule has 5 nitrogen and oxygen atoms in total. The maximum absolute atomic E-state index is 9.11. The molecule has 1 saturated carbocycles. The number of aromatic nitrogens is 2. The maximum atomic E-state index is 9.11. The molecule has 0 bridgehead atoms. The Balaban J connectivity index is 1.68. The topological polar surface area (TPSA) is 52.5 Å². The molecule has 0 spiro atoms. The Bertz CT molecular complexity index is 463. The van der Waals surface area contributed by atoms with Gasteiger partial charge in [-0.1, -0.05) is 19.8 Å². The Morgan fingerprint density at radius 3 is 2.33 bits per heavy atom. The van der Waals surface area contributed by atoms with Crippen molar-refractivity contribution in [3.8, 4) is 0 Å². The number of rotatable bonds is 9. The van der Waals surface area contributed by atoms with E-state index >= 15 is 0 Å². The van der Waals surface area contributed by atoms with Crippen molar-refractivity contribution in [2.45, 2.75) is 39.0 Å². The molecule has 1 fully saturated rings. The molecule has 0 atom stereocenters. The highest BCUT2D eigenvalue weighted by Crippen LogP contribution is 2.31. The third kappa shape index (κ3) is 6.30. The summed E-state index contributed by atoms with van der Waals surface area (Å²) in [5, 5.41) is 9.11. The summed E-state index contributed by atoms with van der Waals surface area (Å²) >= 11 is 3.37. The molecule has 0 aromatic carbocycles. The number of aliphatic hydroxyl groups is 1. The Hall–Kier alpha value is -0.720. The highest BCUT2D eigenvalue weighted by molar-refractivity contribution is 9.10. The van der Waals surface area contributed by atoms with Gasteiger partial charge in [-0.25, -0.2) is 9.97 Å². The van der Waals surface area contributed by atoms with Crippen LogP contribution in [0.2, 0.25) is 0 Å². The van der Waals surface area contributed by atoms with E-state index in [0.717, 1.165) is 48.4 Å². The van der Waals surface area contributed by atoms with Crippen molar-refractivity contribution in [3.63, 3.8) is 0 Å². The zero-order valence-electron chi connectivity index (χ0n) is 15.0. The second-order valence-electron chi connectivity index (χ2n) is 6.92. The van der Waals surface area contributed by atoms with Crippen LogP contribution in [-0.4, -0.2) is 59.8 Å². The van der Waals surface area contributed by atoms with Crippen LogP contribution in [0.4, 0.5) is 5.95 Å². The van der Waals surface area contributed by atoms with E-state index in [1.54, 1.807) is 12.4 Å². The molecule has 136 valence electrons. The normalized spacial score (nSPS) is 21.2. The zero-order valence-corrected chi connectivity index (χ0v) is 16.6. The lowest BCUT2D eigenvalue weighted by atomic mass is 9.80. The van der Waals surface area contributed by atoms with Crippen molar-refractivity contribution in [1.82, 2.24) is 14.9 Å². The van der Waals surface area contributed by atoms with Crippen molar-refractivity contribution >= 4 is 21.9 Å². The van der Waals surface area contributed by atoms with Gasteiger partial charge in [0.15, 0.2) is 0 Å². The summed E-state index contributed by atoms with van der Waals surface area (Å²) in [6, 6.07) is 0. The van der Waals surface area contributed by atoms with Crippen molar-refractivity contribution < 1.29 is 5.11 Å². The summed E-state index contributed by atoms with van der Waals surface area (Å²) < 4.78 is 0.917. The van der Waals surface area contributed by atoms with Gasteiger partial charge in [0.05, 0.1) is 11.1 Å². The number of halogens is 1. The van der Waals surface area contributed by atoms with Crippen molar-refractivity contribution in [2.24, 2.45) is 11.8 Å². The van der Waals surface area contributed by atoms with Crippen LogP contribution in [0.3, 0.4) is 0 Å². The molecule has 0 amide bonds. The molecule has 0 radical (unpaired) electrons. The summed E-state index contributed by atoms with van der Waals surface area (Å²) in [6.45, 7) is 6.47. The number of nitrogens with zero attached hydrogens (tertiary/aromatic N) is 4.